The van der Waals surface area contributed by atoms with E-state index in [9.17, 15) is 18.0 Å². The lowest BCUT2D eigenvalue weighted by atomic mass is 10.2. The minimum atomic E-state index is -5.32. The monoisotopic (exact) mass is 323 g/mol. The minimum Gasteiger partial charge on any atom is -0.357 e. The number of hydrogen-bond donors (Lipinski definition) is 3. The van der Waals surface area contributed by atoms with Crippen LogP contribution in [0.15, 0.2) is 29.1 Å². The van der Waals surface area contributed by atoms with Gasteiger partial charge >= 0.3 is 11.9 Å². The Kier molecular flexibility index (Phi) is 3.83. The average molecular weight is 324 g/mol. The number of aromatic amines is 1. The van der Waals surface area contributed by atoms with Crippen molar-refractivity contribution >= 4 is 11.6 Å². The Hall–Kier alpha value is -1.84. The molecule has 21 heavy (non-hydrogen) atoms. The highest BCUT2D eigenvalue weighted by Gasteiger charge is 2.53. The molecule has 3 N–H and O–H groups in total. The average Bonchev–Trinajstić information content (AvgIpc) is 2.70. The first-order chi connectivity index (χ1) is 9.62. The van der Waals surface area contributed by atoms with Crippen molar-refractivity contribution in [1.82, 2.24) is 14.8 Å². The summed E-state index contributed by atoms with van der Waals surface area (Å²) in [6.45, 7) is -1.41. The highest BCUT2D eigenvalue weighted by atomic mass is 35.5. The van der Waals surface area contributed by atoms with Gasteiger partial charge in [-0.15, -0.1) is 0 Å². The van der Waals surface area contributed by atoms with Crippen molar-refractivity contribution in [2.24, 2.45) is 0 Å². The molecule has 0 radical (unpaired) electrons. The molecule has 0 aliphatic heterocycles. The smallest absolute Gasteiger partial charge is 0.357 e. The van der Waals surface area contributed by atoms with Crippen molar-refractivity contribution in [1.29, 1.82) is 0 Å². The van der Waals surface area contributed by atoms with Gasteiger partial charge in [-0.25, -0.2) is 9.89 Å². The molecule has 0 fully saturated rings. The second kappa shape index (κ2) is 5.17. The molecule has 114 valence electrons. The van der Waals surface area contributed by atoms with Crippen molar-refractivity contribution in [3.05, 3.63) is 39.8 Å². The minimum absolute atomic E-state index is 0.173. The third-order valence-electron chi connectivity index (χ3n) is 2.69. The maximum absolute atomic E-state index is 12.5. The highest BCUT2D eigenvalue weighted by molar-refractivity contribution is 6.30. The molecule has 0 aliphatic carbocycles. The summed E-state index contributed by atoms with van der Waals surface area (Å²) in [5, 5.41) is 24.1. The van der Waals surface area contributed by atoms with E-state index in [4.69, 9.17) is 21.8 Å². The fourth-order valence-corrected chi connectivity index (χ4v) is 1.72. The molecule has 2 rings (SSSR count). The van der Waals surface area contributed by atoms with E-state index in [1.165, 1.54) is 24.3 Å². The van der Waals surface area contributed by atoms with Crippen molar-refractivity contribution in [2.75, 3.05) is 0 Å². The second-order valence-electron chi connectivity index (χ2n) is 4.26. The van der Waals surface area contributed by atoms with Crippen molar-refractivity contribution in [2.45, 2.75) is 18.5 Å². The molecule has 0 saturated carbocycles. The summed E-state index contributed by atoms with van der Waals surface area (Å²) in [4.78, 5) is 11.5. The Morgan fingerprint density at radius 3 is 2.33 bits per heavy atom. The van der Waals surface area contributed by atoms with Crippen molar-refractivity contribution in [3.8, 4) is 11.4 Å². The van der Waals surface area contributed by atoms with E-state index < -0.39 is 24.2 Å². The number of halogens is 4. The van der Waals surface area contributed by atoms with Gasteiger partial charge in [0.25, 0.3) is 5.79 Å². The lowest BCUT2D eigenvalue weighted by Gasteiger charge is -2.24. The van der Waals surface area contributed by atoms with Crippen LogP contribution in [0.3, 0.4) is 0 Å². The Morgan fingerprint density at radius 2 is 1.81 bits per heavy atom. The molecule has 0 unspecified atom stereocenters. The molecular weight excluding hydrogens is 315 g/mol. The summed E-state index contributed by atoms with van der Waals surface area (Å²) in [6.07, 6.45) is -5.32. The summed E-state index contributed by atoms with van der Waals surface area (Å²) in [5.41, 5.74) is -0.715. The van der Waals surface area contributed by atoms with Gasteiger partial charge in [0.1, 0.15) is 0 Å². The van der Waals surface area contributed by atoms with Crippen LogP contribution in [0.25, 0.3) is 11.4 Å². The van der Waals surface area contributed by atoms with Crippen LogP contribution in [-0.4, -0.2) is 36.9 Å². The third kappa shape index (κ3) is 3.09. The predicted molar refractivity (Wildman–Crippen MR) is 66.5 cm³/mol. The maximum atomic E-state index is 12.5. The van der Waals surface area contributed by atoms with E-state index in [0.29, 0.717) is 9.59 Å². The summed E-state index contributed by atoms with van der Waals surface area (Å²) in [7, 11) is 0. The molecule has 0 aliphatic rings. The zero-order valence-electron chi connectivity index (χ0n) is 10.2. The second-order valence-corrected chi connectivity index (χ2v) is 4.70. The van der Waals surface area contributed by atoms with Gasteiger partial charge in [0.15, 0.2) is 5.82 Å². The number of hydrogen-bond acceptors (Lipinski definition) is 4. The van der Waals surface area contributed by atoms with Crippen LogP contribution in [0, 0.1) is 0 Å². The van der Waals surface area contributed by atoms with Gasteiger partial charge in [0, 0.05) is 10.6 Å². The highest BCUT2D eigenvalue weighted by Crippen LogP contribution is 2.30. The van der Waals surface area contributed by atoms with E-state index in [2.05, 4.69) is 5.10 Å². The number of alkyl halides is 3. The molecule has 0 spiro atoms. The number of nitrogens with one attached hydrogen (secondary N) is 1. The Morgan fingerprint density at radius 1 is 1.24 bits per heavy atom. The Bertz CT molecular complexity index is 691. The van der Waals surface area contributed by atoms with Crippen LogP contribution >= 0.6 is 11.6 Å². The van der Waals surface area contributed by atoms with Gasteiger partial charge in [0.05, 0.1) is 6.54 Å². The lowest BCUT2D eigenvalue weighted by molar-refractivity contribution is -0.353. The zero-order valence-corrected chi connectivity index (χ0v) is 11.0. The summed E-state index contributed by atoms with van der Waals surface area (Å²) in [5.74, 6) is -4.23. The van der Waals surface area contributed by atoms with E-state index >= 15 is 0 Å². The molecule has 1 aromatic carbocycles. The summed E-state index contributed by atoms with van der Waals surface area (Å²) in [6, 6.07) is 5.77. The number of aromatic nitrogens is 3. The molecule has 0 bridgehead atoms. The molecule has 0 saturated heterocycles. The maximum Gasteiger partial charge on any atom is 0.444 e. The van der Waals surface area contributed by atoms with Gasteiger partial charge in [-0.05, 0) is 24.3 Å². The van der Waals surface area contributed by atoms with E-state index in [1.807, 2.05) is 5.10 Å². The number of H-pyrrole nitrogens is 1. The van der Waals surface area contributed by atoms with Crippen molar-refractivity contribution < 1.29 is 23.4 Å². The van der Waals surface area contributed by atoms with Gasteiger partial charge in [-0.1, -0.05) is 11.6 Å². The number of benzene rings is 1. The fourth-order valence-electron chi connectivity index (χ4n) is 1.59. The first-order valence-corrected chi connectivity index (χ1v) is 5.92. The predicted octanol–water partition coefficient (Wildman–Crippen LogP) is 1.13. The largest absolute Gasteiger partial charge is 0.444 e. The first kappa shape index (κ1) is 15.5. The van der Waals surface area contributed by atoms with E-state index in [1.54, 1.807) is 0 Å². The molecule has 1 heterocycles. The van der Waals surface area contributed by atoms with Gasteiger partial charge < -0.3 is 10.2 Å². The standard InChI is InChI=1S/C11H9ClF3N3O3/c12-7-3-1-6(2-4-7)8-16-17-9(19)18(8)5-10(20,21)11(13,14)15/h1-4,20-21H,5H2,(H,17,19). The molecule has 2 aromatic rings. The molecule has 10 heteroatoms. The SMILES string of the molecule is O=c1[nH]nc(-c2ccc(Cl)cc2)n1CC(O)(O)C(F)(F)F. The number of aliphatic hydroxyl groups is 2. The summed E-state index contributed by atoms with van der Waals surface area (Å²) >= 11 is 5.68. The Balaban J connectivity index is 2.44. The Labute approximate surface area is 120 Å². The van der Waals surface area contributed by atoms with Crippen LogP contribution in [0.4, 0.5) is 13.2 Å². The van der Waals surface area contributed by atoms with Crippen LogP contribution in [0.2, 0.25) is 5.02 Å². The van der Waals surface area contributed by atoms with Gasteiger partial charge in [-0.2, -0.15) is 18.3 Å². The molecule has 6 nitrogen and oxygen atoms in total. The summed E-state index contributed by atoms with van der Waals surface area (Å²) < 4.78 is 37.9. The first-order valence-electron chi connectivity index (χ1n) is 5.54. The van der Waals surface area contributed by atoms with Gasteiger partial charge in [0.2, 0.25) is 0 Å². The molecule has 0 amide bonds. The molecule has 0 atom stereocenters. The third-order valence-corrected chi connectivity index (χ3v) is 2.95. The topological polar surface area (TPSA) is 91.1 Å². The van der Waals surface area contributed by atoms with Gasteiger partial charge in [-0.3, -0.25) is 4.57 Å². The number of rotatable bonds is 3. The van der Waals surface area contributed by atoms with Crippen molar-refractivity contribution in [3.63, 3.8) is 0 Å². The fraction of sp³-hybridized carbons (Fsp3) is 0.273. The van der Waals surface area contributed by atoms with E-state index in [-0.39, 0.29) is 11.4 Å². The van der Waals surface area contributed by atoms with E-state index in [0.717, 1.165) is 0 Å². The normalized spacial score (nSPS) is 12.7. The van der Waals surface area contributed by atoms with Crippen LogP contribution in [0.1, 0.15) is 0 Å². The lowest BCUT2D eigenvalue weighted by Crippen LogP contribution is -2.50. The quantitative estimate of drug-likeness (QED) is 0.739. The van der Waals surface area contributed by atoms with Crippen LogP contribution in [0.5, 0.6) is 0 Å². The van der Waals surface area contributed by atoms with Crippen LogP contribution in [-0.2, 0) is 6.54 Å². The number of nitrogens with zero attached hydrogens (tertiary/aromatic N) is 2. The molecule has 1 aromatic heterocycles. The molecular formula is C11H9ClF3N3O3. The van der Waals surface area contributed by atoms with Crippen LogP contribution < -0.4 is 5.69 Å². The zero-order chi connectivity index (χ0) is 15.8.